The van der Waals surface area contributed by atoms with Crippen LogP contribution in [-0.4, -0.2) is 16.1 Å². The Hall–Kier alpha value is -0.390. The topological polar surface area (TPSA) is 34.9 Å². The Morgan fingerprint density at radius 3 is 2.92 bits per heavy atom. The normalized spacial score (nSPS) is 10.7. The summed E-state index contributed by atoms with van der Waals surface area (Å²) in [6, 6.07) is 0. The Kier molecular flexibility index (Phi) is 3.25. The number of hydrogen-bond donors (Lipinski definition) is 0. The minimum Gasteiger partial charge on any atom is -0.296 e. The number of halogens is 1. The maximum Gasteiger partial charge on any atom is 0.169 e. The van der Waals surface area contributed by atoms with Crippen LogP contribution in [-0.2, 0) is 6.54 Å². The summed E-state index contributed by atoms with van der Waals surface area (Å²) in [5.41, 5.74) is 0.685. The lowest BCUT2D eigenvalue weighted by Crippen LogP contribution is -2.09. The van der Waals surface area contributed by atoms with E-state index in [-0.39, 0.29) is 0 Å². The minimum atomic E-state index is 0.513. The zero-order valence-electron chi connectivity index (χ0n) is 7.12. The molecule has 0 atom stereocenters. The van der Waals surface area contributed by atoms with Gasteiger partial charge in [0.1, 0.15) is 5.69 Å². The van der Waals surface area contributed by atoms with Gasteiger partial charge in [0.2, 0.25) is 0 Å². The van der Waals surface area contributed by atoms with Crippen molar-refractivity contribution in [2.24, 2.45) is 5.92 Å². The van der Waals surface area contributed by atoms with Crippen LogP contribution >= 0.6 is 22.6 Å². The van der Waals surface area contributed by atoms with Gasteiger partial charge in [0.25, 0.3) is 0 Å². The van der Waals surface area contributed by atoms with Crippen molar-refractivity contribution in [3.8, 4) is 0 Å². The van der Waals surface area contributed by atoms with Crippen molar-refractivity contribution in [1.29, 1.82) is 0 Å². The average molecular weight is 278 g/mol. The van der Waals surface area contributed by atoms with E-state index in [1.54, 1.807) is 10.9 Å². The monoisotopic (exact) mass is 278 g/mol. The molecule has 1 heterocycles. The molecule has 0 fully saturated rings. The molecule has 0 amide bonds. The molecule has 1 aromatic heterocycles. The zero-order valence-corrected chi connectivity index (χ0v) is 9.28. The summed E-state index contributed by atoms with van der Waals surface area (Å²) in [5, 5.41) is 4.10. The van der Waals surface area contributed by atoms with Crippen molar-refractivity contribution in [2.75, 3.05) is 0 Å². The van der Waals surface area contributed by atoms with E-state index >= 15 is 0 Å². The highest BCUT2D eigenvalue weighted by Gasteiger charge is 2.07. The van der Waals surface area contributed by atoms with Gasteiger partial charge in [0, 0.05) is 6.54 Å². The first-order valence-corrected chi connectivity index (χ1v) is 4.89. The van der Waals surface area contributed by atoms with Gasteiger partial charge in [0.15, 0.2) is 6.29 Å². The molecule has 0 aliphatic carbocycles. The van der Waals surface area contributed by atoms with Crippen LogP contribution in [0.1, 0.15) is 24.3 Å². The van der Waals surface area contributed by atoms with Gasteiger partial charge in [-0.15, -0.1) is 0 Å². The van der Waals surface area contributed by atoms with Crippen molar-refractivity contribution >= 4 is 28.9 Å². The Bertz CT molecular complexity index is 281. The number of rotatable bonds is 3. The SMILES string of the molecule is CC(C)Cn1ncc(I)c1C=O. The second-order valence-corrected chi connectivity index (χ2v) is 4.23. The molecule has 0 aliphatic heterocycles. The molecule has 66 valence electrons. The standard InChI is InChI=1S/C8H11IN2O/c1-6(2)4-11-8(5-12)7(9)3-10-11/h3,5-6H,4H2,1-2H3. The largest absolute Gasteiger partial charge is 0.296 e. The lowest BCUT2D eigenvalue weighted by molar-refractivity contribution is 0.111. The summed E-state index contributed by atoms with van der Waals surface area (Å²) in [7, 11) is 0. The molecule has 0 unspecified atom stereocenters. The van der Waals surface area contributed by atoms with Crippen LogP contribution < -0.4 is 0 Å². The van der Waals surface area contributed by atoms with Crippen LogP contribution in [0.3, 0.4) is 0 Å². The number of nitrogens with zero attached hydrogens (tertiary/aromatic N) is 2. The zero-order chi connectivity index (χ0) is 9.14. The van der Waals surface area contributed by atoms with Gasteiger partial charge in [-0.05, 0) is 28.5 Å². The van der Waals surface area contributed by atoms with E-state index in [0.29, 0.717) is 11.6 Å². The molecule has 1 rings (SSSR count). The van der Waals surface area contributed by atoms with E-state index in [1.807, 2.05) is 0 Å². The molecule has 0 aromatic carbocycles. The molecule has 0 spiro atoms. The second kappa shape index (κ2) is 4.02. The Balaban J connectivity index is 2.91. The second-order valence-electron chi connectivity index (χ2n) is 3.07. The van der Waals surface area contributed by atoms with Gasteiger partial charge in [-0.2, -0.15) is 5.10 Å². The van der Waals surface area contributed by atoms with E-state index in [0.717, 1.165) is 16.4 Å². The summed E-state index contributed by atoms with van der Waals surface area (Å²) in [4.78, 5) is 10.6. The molecule has 0 N–H and O–H groups in total. The van der Waals surface area contributed by atoms with Gasteiger partial charge < -0.3 is 0 Å². The third kappa shape index (κ3) is 2.06. The third-order valence-electron chi connectivity index (χ3n) is 1.48. The van der Waals surface area contributed by atoms with Crippen molar-refractivity contribution in [3.05, 3.63) is 15.5 Å². The van der Waals surface area contributed by atoms with Crippen LogP contribution in [0, 0.1) is 9.49 Å². The van der Waals surface area contributed by atoms with E-state index in [1.165, 1.54) is 0 Å². The number of carbonyl (C=O) groups excluding carboxylic acids is 1. The third-order valence-corrected chi connectivity index (χ3v) is 2.31. The molecular formula is C8H11IN2O. The summed E-state index contributed by atoms with van der Waals surface area (Å²) in [6.45, 7) is 5.00. The van der Waals surface area contributed by atoms with E-state index < -0.39 is 0 Å². The van der Waals surface area contributed by atoms with Crippen molar-refractivity contribution in [2.45, 2.75) is 20.4 Å². The molecule has 1 aromatic rings. The summed E-state index contributed by atoms with van der Waals surface area (Å²) in [5.74, 6) is 0.513. The quantitative estimate of drug-likeness (QED) is 0.625. The minimum absolute atomic E-state index is 0.513. The highest BCUT2D eigenvalue weighted by Crippen LogP contribution is 2.10. The first kappa shape index (κ1) is 9.70. The summed E-state index contributed by atoms with van der Waals surface area (Å²) < 4.78 is 2.67. The molecule has 4 heteroatoms. The maximum atomic E-state index is 10.6. The molecule has 3 nitrogen and oxygen atoms in total. The van der Waals surface area contributed by atoms with Crippen molar-refractivity contribution in [3.63, 3.8) is 0 Å². The first-order chi connectivity index (χ1) is 5.65. The van der Waals surface area contributed by atoms with Crippen LogP contribution in [0.4, 0.5) is 0 Å². The maximum absolute atomic E-state index is 10.6. The summed E-state index contributed by atoms with van der Waals surface area (Å²) in [6.07, 6.45) is 2.57. The number of carbonyl (C=O) groups is 1. The van der Waals surface area contributed by atoms with E-state index in [2.05, 4.69) is 41.5 Å². The van der Waals surface area contributed by atoms with Crippen LogP contribution in [0.5, 0.6) is 0 Å². The Labute approximate surface area is 85.3 Å². The van der Waals surface area contributed by atoms with Gasteiger partial charge in [0.05, 0.1) is 9.77 Å². The molecule has 0 bridgehead atoms. The fourth-order valence-corrected chi connectivity index (χ4v) is 1.51. The number of hydrogen-bond acceptors (Lipinski definition) is 2. The first-order valence-electron chi connectivity index (χ1n) is 3.81. The van der Waals surface area contributed by atoms with E-state index in [4.69, 9.17) is 0 Å². The predicted molar refractivity (Wildman–Crippen MR) is 55.2 cm³/mol. The van der Waals surface area contributed by atoms with Crippen LogP contribution in [0.15, 0.2) is 6.20 Å². The number of aromatic nitrogens is 2. The predicted octanol–water partition coefficient (Wildman–Crippen LogP) is 1.96. The smallest absolute Gasteiger partial charge is 0.169 e. The fourth-order valence-electron chi connectivity index (χ4n) is 0.981. The lowest BCUT2D eigenvalue weighted by Gasteiger charge is -2.05. The highest BCUT2D eigenvalue weighted by molar-refractivity contribution is 14.1. The van der Waals surface area contributed by atoms with Crippen molar-refractivity contribution in [1.82, 2.24) is 9.78 Å². The van der Waals surface area contributed by atoms with E-state index in [9.17, 15) is 4.79 Å². The Morgan fingerprint density at radius 2 is 2.42 bits per heavy atom. The van der Waals surface area contributed by atoms with Gasteiger partial charge in [-0.1, -0.05) is 13.8 Å². The Morgan fingerprint density at radius 1 is 1.75 bits per heavy atom. The number of aldehydes is 1. The molecule has 0 aliphatic rings. The molecule has 0 radical (unpaired) electrons. The lowest BCUT2D eigenvalue weighted by atomic mass is 10.2. The molecule has 0 saturated carbocycles. The van der Waals surface area contributed by atoms with Gasteiger partial charge in [-0.3, -0.25) is 9.48 Å². The molecule has 0 saturated heterocycles. The van der Waals surface area contributed by atoms with Gasteiger partial charge >= 0.3 is 0 Å². The average Bonchev–Trinajstić information content (AvgIpc) is 2.30. The molecule has 12 heavy (non-hydrogen) atoms. The highest BCUT2D eigenvalue weighted by atomic mass is 127. The van der Waals surface area contributed by atoms with Crippen LogP contribution in [0.25, 0.3) is 0 Å². The van der Waals surface area contributed by atoms with Gasteiger partial charge in [-0.25, -0.2) is 0 Å². The summed E-state index contributed by atoms with van der Waals surface area (Å²) >= 11 is 2.11. The fraction of sp³-hybridized carbons (Fsp3) is 0.500. The van der Waals surface area contributed by atoms with Crippen molar-refractivity contribution < 1.29 is 4.79 Å². The molecular weight excluding hydrogens is 267 g/mol. The van der Waals surface area contributed by atoms with Crippen LogP contribution in [0.2, 0.25) is 0 Å².